The van der Waals surface area contributed by atoms with Crippen LogP contribution in [0.25, 0.3) is 6.08 Å². The number of carbonyl (C=O) groups is 3. The van der Waals surface area contributed by atoms with Crippen molar-refractivity contribution in [3.8, 4) is 0 Å². The van der Waals surface area contributed by atoms with Gasteiger partial charge < -0.3 is 10.2 Å². The van der Waals surface area contributed by atoms with Crippen LogP contribution in [0.4, 0.5) is 11.4 Å². The summed E-state index contributed by atoms with van der Waals surface area (Å²) in [7, 11) is 0. The van der Waals surface area contributed by atoms with E-state index in [-0.39, 0.29) is 17.5 Å². The van der Waals surface area contributed by atoms with Crippen LogP contribution in [0.2, 0.25) is 5.02 Å². The first-order valence-electron chi connectivity index (χ1n) is 11.3. The number of rotatable bonds is 3. The smallest absolute Gasteiger partial charge is 0.238 e. The molecule has 1 spiro atoms. The highest BCUT2D eigenvalue weighted by molar-refractivity contribution is 9.10. The van der Waals surface area contributed by atoms with E-state index in [1.165, 1.54) is 6.92 Å². The molecule has 0 aliphatic carbocycles. The Morgan fingerprint density at radius 3 is 2.54 bits per heavy atom. The van der Waals surface area contributed by atoms with Gasteiger partial charge in [-0.2, -0.15) is 0 Å². The lowest BCUT2D eigenvalue weighted by atomic mass is 9.64. The average molecular weight is 548 g/mol. The average Bonchev–Trinajstić information content (AvgIpc) is 3.32. The van der Waals surface area contributed by atoms with Gasteiger partial charge in [-0.05, 0) is 54.4 Å². The van der Waals surface area contributed by atoms with Crippen LogP contribution in [0.3, 0.4) is 0 Å². The number of anilines is 2. The maximum atomic E-state index is 14.3. The maximum absolute atomic E-state index is 14.3. The van der Waals surface area contributed by atoms with E-state index in [0.29, 0.717) is 16.3 Å². The minimum absolute atomic E-state index is 0.171. The largest absolute Gasteiger partial charge is 0.352 e. The van der Waals surface area contributed by atoms with E-state index >= 15 is 0 Å². The molecule has 3 aliphatic heterocycles. The lowest BCUT2D eigenvalue weighted by Gasteiger charge is -2.37. The van der Waals surface area contributed by atoms with E-state index < -0.39 is 23.4 Å². The van der Waals surface area contributed by atoms with Crippen molar-refractivity contribution in [1.29, 1.82) is 0 Å². The molecule has 6 rings (SSSR count). The molecule has 3 aromatic rings. The number of nitrogens with one attached hydrogen (secondary N) is 1. The molecule has 3 aliphatic rings. The number of para-hydroxylation sites is 1. The lowest BCUT2D eigenvalue weighted by Crippen LogP contribution is -2.51. The highest BCUT2D eigenvalue weighted by Crippen LogP contribution is 2.57. The van der Waals surface area contributed by atoms with Crippen molar-refractivity contribution >= 4 is 62.5 Å². The number of amides is 1. The number of carbonyl (C=O) groups excluding carboxylic acids is 3. The van der Waals surface area contributed by atoms with Crippen molar-refractivity contribution in [3.05, 3.63) is 99.0 Å². The zero-order valence-corrected chi connectivity index (χ0v) is 21.0. The summed E-state index contributed by atoms with van der Waals surface area (Å²) in [4.78, 5) is 43.6. The van der Waals surface area contributed by atoms with Gasteiger partial charge in [0.15, 0.2) is 11.6 Å². The summed E-state index contributed by atoms with van der Waals surface area (Å²) in [6, 6.07) is 18.6. The lowest BCUT2D eigenvalue weighted by molar-refractivity contribution is -0.122. The number of ketones is 2. The highest BCUT2D eigenvalue weighted by atomic mass is 79.9. The van der Waals surface area contributed by atoms with Gasteiger partial charge in [0.2, 0.25) is 5.91 Å². The number of benzene rings is 3. The van der Waals surface area contributed by atoms with E-state index in [2.05, 4.69) is 21.2 Å². The van der Waals surface area contributed by atoms with Gasteiger partial charge in [0.05, 0.1) is 18.0 Å². The topological polar surface area (TPSA) is 66.5 Å². The molecule has 7 heteroatoms. The Morgan fingerprint density at radius 1 is 1.06 bits per heavy atom. The van der Waals surface area contributed by atoms with Gasteiger partial charge in [-0.25, -0.2) is 0 Å². The van der Waals surface area contributed by atoms with E-state index in [9.17, 15) is 14.4 Å². The number of fused-ring (bicyclic) bond motifs is 6. The Hall–Kier alpha value is -3.22. The van der Waals surface area contributed by atoms with Crippen molar-refractivity contribution in [2.45, 2.75) is 24.4 Å². The van der Waals surface area contributed by atoms with Crippen molar-refractivity contribution < 1.29 is 14.4 Å². The van der Waals surface area contributed by atoms with Gasteiger partial charge >= 0.3 is 0 Å². The van der Waals surface area contributed by atoms with Gasteiger partial charge in [0, 0.05) is 26.4 Å². The van der Waals surface area contributed by atoms with E-state index in [0.717, 1.165) is 21.3 Å². The molecule has 1 saturated heterocycles. The third-order valence-electron chi connectivity index (χ3n) is 7.42. The standard InChI is InChI=1S/C28H20BrClN2O3/c1-15(33)25-24(26(34)16-6-9-18(29)10-7-16)28(20-4-2-3-5-21(20)31-27(28)35)23-13-8-17-14-19(30)11-12-22(17)32(23)25/h2-14,23-25H,1H3,(H,31,35)/t23?,24-,25-,28+/m0/s1. The molecule has 1 N–H and O–H groups in total. The first kappa shape index (κ1) is 22.3. The first-order chi connectivity index (χ1) is 16.8. The fraction of sp³-hybridized carbons (Fsp3) is 0.179. The van der Waals surface area contributed by atoms with E-state index in [1.54, 1.807) is 30.3 Å². The van der Waals surface area contributed by atoms with Crippen LogP contribution in [0.15, 0.2) is 77.3 Å². The van der Waals surface area contributed by atoms with Crippen LogP contribution in [-0.4, -0.2) is 29.6 Å². The molecule has 0 aromatic heterocycles. The van der Waals surface area contributed by atoms with Crippen LogP contribution < -0.4 is 10.2 Å². The minimum atomic E-state index is -1.27. The van der Waals surface area contributed by atoms with Crippen LogP contribution in [0.1, 0.15) is 28.4 Å². The van der Waals surface area contributed by atoms with Gasteiger partial charge in [-0.3, -0.25) is 14.4 Å². The highest BCUT2D eigenvalue weighted by Gasteiger charge is 2.69. The second-order valence-corrected chi connectivity index (χ2v) is 10.5. The maximum Gasteiger partial charge on any atom is 0.238 e. The molecule has 0 radical (unpaired) electrons. The van der Waals surface area contributed by atoms with Crippen LogP contribution >= 0.6 is 27.5 Å². The second kappa shape index (κ2) is 7.90. The predicted molar refractivity (Wildman–Crippen MR) is 140 cm³/mol. The molecular weight excluding hydrogens is 528 g/mol. The first-order valence-corrected chi connectivity index (χ1v) is 12.5. The van der Waals surface area contributed by atoms with Gasteiger partial charge in [-0.1, -0.05) is 70.0 Å². The zero-order chi connectivity index (χ0) is 24.5. The third-order valence-corrected chi connectivity index (χ3v) is 8.19. The summed E-state index contributed by atoms with van der Waals surface area (Å²) < 4.78 is 0.841. The monoisotopic (exact) mass is 546 g/mol. The summed E-state index contributed by atoms with van der Waals surface area (Å²) in [5.41, 5.74) is 2.22. The summed E-state index contributed by atoms with van der Waals surface area (Å²) in [5.74, 6) is -1.60. The third kappa shape index (κ3) is 3.03. The Morgan fingerprint density at radius 2 is 1.80 bits per heavy atom. The molecule has 35 heavy (non-hydrogen) atoms. The molecule has 0 saturated carbocycles. The molecule has 3 heterocycles. The number of hydrogen-bond donors (Lipinski definition) is 1. The van der Waals surface area contributed by atoms with Gasteiger partial charge in [-0.15, -0.1) is 0 Å². The molecule has 1 amide bonds. The van der Waals surface area contributed by atoms with Crippen LogP contribution in [0.5, 0.6) is 0 Å². The summed E-state index contributed by atoms with van der Waals surface area (Å²) in [6.45, 7) is 1.50. The second-order valence-electron chi connectivity index (χ2n) is 9.19. The summed E-state index contributed by atoms with van der Waals surface area (Å²) >= 11 is 9.68. The molecular formula is C28H20BrClN2O3. The summed E-state index contributed by atoms with van der Waals surface area (Å²) in [6.07, 6.45) is 3.87. The predicted octanol–water partition coefficient (Wildman–Crippen LogP) is 5.66. The van der Waals surface area contributed by atoms with Crippen molar-refractivity contribution in [2.75, 3.05) is 10.2 Å². The Bertz CT molecular complexity index is 1450. The Kier molecular flexibility index (Phi) is 5.02. The van der Waals surface area contributed by atoms with E-state index in [1.807, 2.05) is 53.5 Å². The normalized spacial score (nSPS) is 25.7. The molecule has 5 nitrogen and oxygen atoms in total. The molecule has 3 aromatic carbocycles. The molecule has 1 unspecified atom stereocenters. The van der Waals surface area contributed by atoms with Gasteiger partial charge in [0.25, 0.3) is 0 Å². The van der Waals surface area contributed by atoms with Crippen molar-refractivity contribution in [1.82, 2.24) is 0 Å². The van der Waals surface area contributed by atoms with E-state index in [4.69, 9.17) is 11.6 Å². The zero-order valence-electron chi connectivity index (χ0n) is 18.7. The number of hydrogen-bond acceptors (Lipinski definition) is 4. The van der Waals surface area contributed by atoms with Crippen molar-refractivity contribution in [2.24, 2.45) is 5.92 Å². The molecule has 4 atom stereocenters. The quantitative estimate of drug-likeness (QED) is 0.430. The summed E-state index contributed by atoms with van der Waals surface area (Å²) in [5, 5.41) is 3.59. The number of Topliss-reactive ketones (excluding diaryl/α,β-unsaturated/α-hetero) is 2. The molecule has 174 valence electrons. The number of nitrogens with zero attached hydrogens (tertiary/aromatic N) is 1. The number of halogens is 2. The van der Waals surface area contributed by atoms with Crippen LogP contribution in [0, 0.1) is 5.92 Å². The minimum Gasteiger partial charge on any atom is -0.352 e. The Balaban J connectivity index is 1.65. The molecule has 1 fully saturated rings. The van der Waals surface area contributed by atoms with Gasteiger partial charge in [0.1, 0.15) is 5.41 Å². The van der Waals surface area contributed by atoms with Crippen molar-refractivity contribution in [3.63, 3.8) is 0 Å². The Labute approximate surface area is 215 Å². The fourth-order valence-electron chi connectivity index (χ4n) is 6.10. The SMILES string of the molecule is CC(=O)[C@H]1[C@@H](C(=O)c2ccc(Br)cc2)[C@]2(C(=O)Nc3ccccc32)C2C=Cc3cc(Cl)ccc3N21. The van der Waals surface area contributed by atoms with Crippen LogP contribution in [-0.2, 0) is 15.0 Å². The fourth-order valence-corrected chi connectivity index (χ4v) is 6.54. The molecule has 0 bridgehead atoms.